The average molecular weight is 219 g/mol. The second-order valence-corrected chi connectivity index (χ2v) is 4.11. The molecule has 15 heavy (non-hydrogen) atoms. The zero-order valence-corrected chi connectivity index (χ0v) is 9.66. The first-order valence-electron chi connectivity index (χ1n) is 4.75. The van der Waals surface area contributed by atoms with Crippen LogP contribution in [-0.2, 0) is 0 Å². The summed E-state index contributed by atoms with van der Waals surface area (Å²) in [6.07, 6.45) is 3.83. The number of benzene rings is 1. The molecule has 0 fully saturated rings. The normalized spacial score (nSPS) is 15.3. The largest absolute Gasteiger partial charge is 0.312 e. The van der Waals surface area contributed by atoms with Gasteiger partial charge in [0.1, 0.15) is 6.67 Å². The number of hydrogen-bond acceptors (Lipinski definition) is 4. The van der Waals surface area contributed by atoms with Crippen LogP contribution in [0.2, 0.25) is 0 Å². The van der Waals surface area contributed by atoms with E-state index < -0.39 is 0 Å². The van der Waals surface area contributed by atoms with E-state index in [2.05, 4.69) is 35.1 Å². The Hall–Kier alpha value is -1.29. The van der Waals surface area contributed by atoms with Gasteiger partial charge in [0.25, 0.3) is 0 Å². The van der Waals surface area contributed by atoms with Crippen molar-refractivity contribution in [2.45, 2.75) is 6.92 Å². The highest BCUT2D eigenvalue weighted by Crippen LogP contribution is 2.16. The van der Waals surface area contributed by atoms with E-state index in [0.717, 1.165) is 10.9 Å². The molecule has 0 saturated heterocycles. The smallest absolute Gasteiger partial charge is 0.185 e. The maximum absolute atomic E-state index is 4.34. The number of aryl methyl sites for hydroxylation is 1. The highest BCUT2D eigenvalue weighted by Gasteiger charge is 2.07. The lowest BCUT2D eigenvalue weighted by Gasteiger charge is -2.20. The van der Waals surface area contributed by atoms with Gasteiger partial charge in [0, 0.05) is 5.69 Å². The van der Waals surface area contributed by atoms with Crippen LogP contribution in [0.1, 0.15) is 5.56 Å². The predicted octanol–water partition coefficient (Wildman–Crippen LogP) is 2.52. The summed E-state index contributed by atoms with van der Waals surface area (Å²) in [5.41, 5.74) is 2.39. The number of hydrogen-bond donors (Lipinski definition) is 0. The van der Waals surface area contributed by atoms with Crippen LogP contribution >= 0.6 is 11.8 Å². The summed E-state index contributed by atoms with van der Waals surface area (Å²) in [5.74, 6) is 0. The zero-order chi connectivity index (χ0) is 10.7. The highest BCUT2D eigenvalue weighted by atomic mass is 32.2. The van der Waals surface area contributed by atoms with Crippen LogP contribution in [-0.4, -0.2) is 24.4 Å². The molecule has 0 aromatic heterocycles. The fourth-order valence-electron chi connectivity index (χ4n) is 1.41. The standard InChI is InChI=1S/C11H13N3S/c1-9-4-3-5-10(6-9)14-7-12-11(15-2)13-8-14/h3-7H,8H2,1-2H3. The lowest BCUT2D eigenvalue weighted by molar-refractivity contribution is 1.01. The quantitative estimate of drug-likeness (QED) is 0.726. The Bertz CT molecular complexity index is 412. The highest BCUT2D eigenvalue weighted by molar-refractivity contribution is 8.13. The summed E-state index contributed by atoms with van der Waals surface area (Å²) in [6, 6.07) is 8.33. The molecule has 0 radical (unpaired) electrons. The molecule has 1 aliphatic heterocycles. The molecule has 1 heterocycles. The zero-order valence-electron chi connectivity index (χ0n) is 8.84. The molecule has 1 aliphatic rings. The van der Waals surface area contributed by atoms with Crippen LogP contribution in [0.3, 0.4) is 0 Å². The van der Waals surface area contributed by atoms with Gasteiger partial charge in [-0.3, -0.25) is 0 Å². The number of anilines is 1. The lowest BCUT2D eigenvalue weighted by Crippen LogP contribution is -2.25. The molecule has 0 N–H and O–H groups in total. The molecular weight excluding hydrogens is 206 g/mol. The molecule has 4 heteroatoms. The van der Waals surface area contributed by atoms with E-state index in [1.807, 2.05) is 23.6 Å². The topological polar surface area (TPSA) is 28.0 Å². The van der Waals surface area contributed by atoms with Crippen molar-refractivity contribution in [3.8, 4) is 0 Å². The first-order valence-corrected chi connectivity index (χ1v) is 5.98. The van der Waals surface area contributed by atoms with Crippen molar-refractivity contribution in [2.75, 3.05) is 17.8 Å². The second kappa shape index (κ2) is 4.49. The van der Waals surface area contributed by atoms with Crippen molar-refractivity contribution in [1.29, 1.82) is 0 Å². The van der Waals surface area contributed by atoms with Crippen LogP contribution in [0.25, 0.3) is 0 Å². The molecule has 0 aliphatic carbocycles. The van der Waals surface area contributed by atoms with E-state index >= 15 is 0 Å². The third-order valence-electron chi connectivity index (χ3n) is 2.18. The number of rotatable bonds is 1. The minimum Gasteiger partial charge on any atom is -0.312 e. The summed E-state index contributed by atoms with van der Waals surface area (Å²) in [6.45, 7) is 2.74. The van der Waals surface area contributed by atoms with Crippen LogP contribution in [0, 0.1) is 6.92 Å². The van der Waals surface area contributed by atoms with Gasteiger partial charge in [-0.1, -0.05) is 23.9 Å². The Kier molecular flexibility index (Phi) is 3.06. The number of amidine groups is 1. The average Bonchev–Trinajstić information content (AvgIpc) is 2.29. The Labute approximate surface area is 93.9 Å². The minimum atomic E-state index is 0.656. The second-order valence-electron chi connectivity index (χ2n) is 3.34. The molecule has 0 amide bonds. The SMILES string of the molecule is CSC1=NCN(c2cccc(C)c2)C=N1. The third kappa shape index (κ3) is 2.39. The van der Waals surface area contributed by atoms with Gasteiger partial charge in [0.2, 0.25) is 0 Å². The van der Waals surface area contributed by atoms with Crippen molar-refractivity contribution in [1.82, 2.24) is 0 Å². The van der Waals surface area contributed by atoms with Crippen LogP contribution in [0.5, 0.6) is 0 Å². The molecule has 0 saturated carbocycles. The monoisotopic (exact) mass is 219 g/mol. The molecule has 0 bridgehead atoms. The Morgan fingerprint density at radius 3 is 2.87 bits per heavy atom. The molecule has 2 rings (SSSR count). The molecule has 0 spiro atoms. The number of nitrogens with zero attached hydrogens (tertiary/aromatic N) is 3. The van der Waals surface area contributed by atoms with Crippen LogP contribution < -0.4 is 4.90 Å². The minimum absolute atomic E-state index is 0.656. The molecule has 0 unspecified atom stereocenters. The molecule has 0 atom stereocenters. The fraction of sp³-hybridized carbons (Fsp3) is 0.273. The van der Waals surface area contributed by atoms with Crippen LogP contribution in [0.15, 0.2) is 34.3 Å². The van der Waals surface area contributed by atoms with Crippen molar-refractivity contribution in [2.24, 2.45) is 9.98 Å². The van der Waals surface area contributed by atoms with E-state index in [1.165, 1.54) is 5.56 Å². The van der Waals surface area contributed by atoms with E-state index in [4.69, 9.17) is 0 Å². The van der Waals surface area contributed by atoms with E-state index in [0.29, 0.717) is 6.67 Å². The van der Waals surface area contributed by atoms with Gasteiger partial charge >= 0.3 is 0 Å². The van der Waals surface area contributed by atoms with Crippen molar-refractivity contribution >= 4 is 29.0 Å². The van der Waals surface area contributed by atoms with Gasteiger partial charge < -0.3 is 4.90 Å². The molecule has 3 nitrogen and oxygen atoms in total. The van der Waals surface area contributed by atoms with E-state index in [-0.39, 0.29) is 0 Å². The van der Waals surface area contributed by atoms with Gasteiger partial charge in [-0.05, 0) is 30.9 Å². The summed E-state index contributed by atoms with van der Waals surface area (Å²) < 4.78 is 0. The predicted molar refractivity (Wildman–Crippen MR) is 68.0 cm³/mol. The lowest BCUT2D eigenvalue weighted by atomic mass is 10.2. The third-order valence-corrected chi connectivity index (χ3v) is 2.78. The Balaban J connectivity index is 2.15. The summed E-state index contributed by atoms with van der Waals surface area (Å²) >= 11 is 1.57. The van der Waals surface area contributed by atoms with Gasteiger partial charge in [-0.15, -0.1) is 0 Å². The Morgan fingerprint density at radius 1 is 1.40 bits per heavy atom. The number of aliphatic imine (C=N–C) groups is 2. The molecular formula is C11H13N3S. The first-order chi connectivity index (χ1) is 7.29. The van der Waals surface area contributed by atoms with E-state index in [9.17, 15) is 0 Å². The van der Waals surface area contributed by atoms with Crippen molar-refractivity contribution < 1.29 is 0 Å². The maximum atomic E-state index is 4.34. The van der Waals surface area contributed by atoms with Gasteiger partial charge in [0.15, 0.2) is 5.17 Å². The van der Waals surface area contributed by atoms with Crippen LogP contribution in [0.4, 0.5) is 5.69 Å². The van der Waals surface area contributed by atoms with Gasteiger partial charge in [-0.25, -0.2) is 9.98 Å². The number of thioether (sulfide) groups is 1. The summed E-state index contributed by atoms with van der Waals surface area (Å²) in [4.78, 5) is 10.6. The molecule has 78 valence electrons. The van der Waals surface area contributed by atoms with Gasteiger partial charge in [0.05, 0.1) is 6.34 Å². The fourth-order valence-corrected chi connectivity index (χ4v) is 1.74. The van der Waals surface area contributed by atoms with Crippen molar-refractivity contribution in [3.05, 3.63) is 29.8 Å². The maximum Gasteiger partial charge on any atom is 0.185 e. The van der Waals surface area contributed by atoms with Gasteiger partial charge in [-0.2, -0.15) is 0 Å². The first kappa shape index (κ1) is 10.2. The molecule has 1 aromatic carbocycles. The van der Waals surface area contributed by atoms with Crippen molar-refractivity contribution in [3.63, 3.8) is 0 Å². The van der Waals surface area contributed by atoms with E-state index in [1.54, 1.807) is 11.8 Å². The summed E-state index contributed by atoms with van der Waals surface area (Å²) in [7, 11) is 0. The summed E-state index contributed by atoms with van der Waals surface area (Å²) in [5, 5.41) is 0.846. The molecule has 1 aromatic rings. The Morgan fingerprint density at radius 2 is 2.27 bits per heavy atom.